The van der Waals surface area contributed by atoms with E-state index in [4.69, 9.17) is 0 Å². The maximum Gasteiger partial charge on any atom is 0.273 e. The monoisotopic (exact) mass is 235 g/mol. The quantitative estimate of drug-likeness (QED) is 0.799. The Morgan fingerprint density at radius 1 is 1.71 bits per heavy atom. The minimum Gasteiger partial charge on any atom is -0.505 e. The molecule has 1 aromatic rings. The SMILES string of the molecule is CN1CCC(CNC(=O)c2ncccc2O)C1. The van der Waals surface area contributed by atoms with Crippen molar-refractivity contribution in [2.75, 3.05) is 26.7 Å². The predicted octanol–water partition coefficient (Wildman–Crippen LogP) is 0.469. The van der Waals surface area contributed by atoms with E-state index in [0.717, 1.165) is 19.5 Å². The van der Waals surface area contributed by atoms with Crippen LogP contribution in [0.15, 0.2) is 18.3 Å². The van der Waals surface area contributed by atoms with Gasteiger partial charge in [-0.2, -0.15) is 0 Å². The number of nitrogens with one attached hydrogen (secondary N) is 1. The average molecular weight is 235 g/mol. The lowest BCUT2D eigenvalue weighted by Gasteiger charge is -2.11. The lowest BCUT2D eigenvalue weighted by Crippen LogP contribution is -2.31. The molecule has 0 spiro atoms. The third-order valence-corrected chi connectivity index (χ3v) is 3.04. The van der Waals surface area contributed by atoms with Crippen LogP contribution in [0.4, 0.5) is 0 Å². The zero-order valence-electron chi connectivity index (χ0n) is 9.89. The smallest absolute Gasteiger partial charge is 0.273 e. The Hall–Kier alpha value is -1.62. The Morgan fingerprint density at radius 2 is 2.53 bits per heavy atom. The van der Waals surface area contributed by atoms with Gasteiger partial charge in [0.15, 0.2) is 5.69 Å². The highest BCUT2D eigenvalue weighted by Gasteiger charge is 2.20. The number of carbonyl (C=O) groups is 1. The van der Waals surface area contributed by atoms with E-state index < -0.39 is 0 Å². The second kappa shape index (κ2) is 5.14. The zero-order chi connectivity index (χ0) is 12.3. The standard InChI is InChI=1S/C12H17N3O2/c1-15-6-4-9(8-15)7-14-12(17)11-10(16)3-2-5-13-11/h2-3,5,9,16H,4,6-8H2,1H3,(H,14,17). The van der Waals surface area contributed by atoms with Crippen molar-refractivity contribution in [3.05, 3.63) is 24.0 Å². The first kappa shape index (κ1) is 11.9. The molecule has 0 saturated carbocycles. The van der Waals surface area contributed by atoms with Crippen LogP contribution in [0.3, 0.4) is 0 Å². The number of rotatable bonds is 3. The van der Waals surface area contributed by atoms with Crippen LogP contribution in [0, 0.1) is 5.92 Å². The summed E-state index contributed by atoms with van der Waals surface area (Å²) in [7, 11) is 2.08. The van der Waals surface area contributed by atoms with Crippen molar-refractivity contribution in [2.45, 2.75) is 6.42 Å². The summed E-state index contributed by atoms with van der Waals surface area (Å²) in [5, 5.41) is 12.3. The first-order valence-corrected chi connectivity index (χ1v) is 5.77. The molecule has 1 aliphatic rings. The first-order valence-electron chi connectivity index (χ1n) is 5.77. The summed E-state index contributed by atoms with van der Waals surface area (Å²) in [4.78, 5) is 17.9. The summed E-state index contributed by atoms with van der Waals surface area (Å²) in [5.41, 5.74) is 0.0962. The third kappa shape index (κ3) is 2.94. The van der Waals surface area contributed by atoms with Crippen molar-refractivity contribution in [3.63, 3.8) is 0 Å². The number of likely N-dealkylation sites (tertiary alicyclic amines) is 1. The molecule has 1 amide bonds. The van der Waals surface area contributed by atoms with Gasteiger partial charge in [-0.25, -0.2) is 4.98 Å². The third-order valence-electron chi connectivity index (χ3n) is 3.04. The molecule has 92 valence electrons. The number of hydrogen-bond donors (Lipinski definition) is 2. The van der Waals surface area contributed by atoms with Gasteiger partial charge in [0, 0.05) is 19.3 Å². The molecular weight excluding hydrogens is 218 g/mol. The molecule has 17 heavy (non-hydrogen) atoms. The van der Waals surface area contributed by atoms with Gasteiger partial charge in [0.25, 0.3) is 5.91 Å². The fraction of sp³-hybridized carbons (Fsp3) is 0.500. The fourth-order valence-electron chi connectivity index (χ4n) is 2.09. The molecule has 1 atom stereocenters. The molecule has 1 fully saturated rings. The predicted molar refractivity (Wildman–Crippen MR) is 63.8 cm³/mol. The minimum absolute atomic E-state index is 0.0754. The van der Waals surface area contributed by atoms with Gasteiger partial charge in [-0.15, -0.1) is 0 Å². The van der Waals surface area contributed by atoms with Crippen molar-refractivity contribution in [1.82, 2.24) is 15.2 Å². The molecule has 5 heteroatoms. The highest BCUT2D eigenvalue weighted by molar-refractivity contribution is 5.94. The molecule has 2 N–H and O–H groups in total. The molecular formula is C12H17N3O2. The van der Waals surface area contributed by atoms with Crippen LogP contribution in [0.5, 0.6) is 5.75 Å². The molecule has 2 heterocycles. The van der Waals surface area contributed by atoms with Crippen LogP contribution in [0.2, 0.25) is 0 Å². The van der Waals surface area contributed by atoms with Crippen molar-refractivity contribution < 1.29 is 9.90 Å². The molecule has 1 aliphatic heterocycles. The van der Waals surface area contributed by atoms with Gasteiger partial charge in [0.1, 0.15) is 5.75 Å². The maximum atomic E-state index is 11.8. The number of pyridine rings is 1. The molecule has 1 aromatic heterocycles. The Bertz CT molecular complexity index is 408. The number of amides is 1. The van der Waals surface area contributed by atoms with Gasteiger partial charge in [0.2, 0.25) is 0 Å². The van der Waals surface area contributed by atoms with Crippen molar-refractivity contribution in [3.8, 4) is 5.75 Å². The highest BCUT2D eigenvalue weighted by Crippen LogP contribution is 2.15. The van der Waals surface area contributed by atoms with Gasteiger partial charge in [0.05, 0.1) is 0 Å². The molecule has 0 aromatic carbocycles. The van der Waals surface area contributed by atoms with Gasteiger partial charge in [-0.1, -0.05) is 0 Å². The number of nitrogens with zero attached hydrogens (tertiary/aromatic N) is 2. The first-order chi connectivity index (χ1) is 8.16. The van der Waals surface area contributed by atoms with Crippen LogP contribution in [0.25, 0.3) is 0 Å². The van der Waals surface area contributed by atoms with Gasteiger partial charge >= 0.3 is 0 Å². The zero-order valence-corrected chi connectivity index (χ0v) is 9.89. The van der Waals surface area contributed by atoms with E-state index in [1.807, 2.05) is 0 Å². The summed E-state index contributed by atoms with van der Waals surface area (Å²) < 4.78 is 0. The van der Waals surface area contributed by atoms with Crippen LogP contribution in [-0.4, -0.2) is 47.6 Å². The van der Waals surface area contributed by atoms with Crippen LogP contribution < -0.4 is 5.32 Å². The molecule has 0 bridgehead atoms. The highest BCUT2D eigenvalue weighted by atomic mass is 16.3. The van der Waals surface area contributed by atoms with Crippen molar-refractivity contribution in [1.29, 1.82) is 0 Å². The number of carbonyl (C=O) groups excluding carboxylic acids is 1. The molecule has 2 rings (SSSR count). The summed E-state index contributed by atoms with van der Waals surface area (Å²) in [6.07, 6.45) is 2.60. The Kier molecular flexibility index (Phi) is 3.58. The van der Waals surface area contributed by atoms with E-state index in [0.29, 0.717) is 12.5 Å². The largest absolute Gasteiger partial charge is 0.505 e. The Morgan fingerprint density at radius 3 is 3.18 bits per heavy atom. The van der Waals surface area contributed by atoms with Crippen molar-refractivity contribution in [2.24, 2.45) is 5.92 Å². The van der Waals surface area contributed by atoms with Gasteiger partial charge in [-0.3, -0.25) is 4.79 Å². The summed E-state index contributed by atoms with van der Waals surface area (Å²) in [6, 6.07) is 3.06. The van der Waals surface area contributed by atoms with Crippen LogP contribution >= 0.6 is 0 Å². The summed E-state index contributed by atoms with van der Waals surface area (Å²) in [6.45, 7) is 2.73. The lowest BCUT2D eigenvalue weighted by atomic mass is 10.1. The number of aromatic hydroxyl groups is 1. The maximum absolute atomic E-state index is 11.8. The van der Waals surface area contributed by atoms with E-state index in [-0.39, 0.29) is 17.4 Å². The number of hydrogen-bond acceptors (Lipinski definition) is 4. The fourth-order valence-corrected chi connectivity index (χ4v) is 2.09. The molecule has 1 saturated heterocycles. The second-order valence-electron chi connectivity index (χ2n) is 4.50. The van der Waals surface area contributed by atoms with E-state index in [1.54, 1.807) is 6.07 Å². The van der Waals surface area contributed by atoms with Gasteiger partial charge in [-0.05, 0) is 38.1 Å². The minimum atomic E-state index is -0.308. The Balaban J connectivity index is 1.88. The molecule has 0 radical (unpaired) electrons. The molecule has 0 aliphatic carbocycles. The Labute approximate surface area is 100 Å². The topological polar surface area (TPSA) is 65.5 Å². The van der Waals surface area contributed by atoms with Crippen LogP contribution in [0.1, 0.15) is 16.9 Å². The van der Waals surface area contributed by atoms with E-state index in [2.05, 4.69) is 22.2 Å². The van der Waals surface area contributed by atoms with E-state index in [9.17, 15) is 9.90 Å². The molecule has 5 nitrogen and oxygen atoms in total. The summed E-state index contributed by atoms with van der Waals surface area (Å²) >= 11 is 0. The molecule has 1 unspecified atom stereocenters. The number of aromatic nitrogens is 1. The van der Waals surface area contributed by atoms with E-state index in [1.165, 1.54) is 12.3 Å². The average Bonchev–Trinajstić information content (AvgIpc) is 2.73. The summed E-state index contributed by atoms with van der Waals surface area (Å²) in [5.74, 6) is 0.112. The van der Waals surface area contributed by atoms with E-state index >= 15 is 0 Å². The van der Waals surface area contributed by atoms with Crippen molar-refractivity contribution >= 4 is 5.91 Å². The second-order valence-corrected chi connectivity index (χ2v) is 4.50. The lowest BCUT2D eigenvalue weighted by molar-refractivity contribution is 0.0939. The van der Waals surface area contributed by atoms with Gasteiger partial charge < -0.3 is 15.3 Å². The normalized spacial score (nSPS) is 20.4. The van der Waals surface area contributed by atoms with Crippen LogP contribution in [-0.2, 0) is 0 Å².